The van der Waals surface area contributed by atoms with Crippen LogP contribution >= 0.6 is 0 Å². The van der Waals surface area contributed by atoms with Crippen LogP contribution in [0.25, 0.3) is 11.3 Å². The van der Waals surface area contributed by atoms with E-state index in [-0.39, 0.29) is 0 Å². The van der Waals surface area contributed by atoms with Crippen LogP contribution < -0.4 is 10.6 Å². The molecule has 0 aliphatic heterocycles. The smallest absolute Gasteiger partial charge is 0.137 e. The molecule has 0 saturated heterocycles. The molecule has 0 amide bonds. The standard InChI is InChI=1S/C21H20N6/c1-3-7-17(8-4-1)21-20(23-11-12-27-16-22-15-25-27)13-19(14-24-21)26-18-9-5-2-6-10-18/h1-10,13-16,23,26H,11-12H2. The monoisotopic (exact) mass is 356 g/mol. The first-order valence-corrected chi connectivity index (χ1v) is 8.82. The van der Waals surface area contributed by atoms with Gasteiger partial charge >= 0.3 is 0 Å². The highest BCUT2D eigenvalue weighted by molar-refractivity contribution is 5.78. The lowest BCUT2D eigenvalue weighted by atomic mass is 10.1. The zero-order chi connectivity index (χ0) is 18.3. The Balaban J connectivity index is 1.58. The molecule has 2 N–H and O–H groups in total. The predicted molar refractivity (Wildman–Crippen MR) is 108 cm³/mol. The topological polar surface area (TPSA) is 67.7 Å². The van der Waals surface area contributed by atoms with Crippen molar-refractivity contribution in [1.82, 2.24) is 19.7 Å². The van der Waals surface area contributed by atoms with Gasteiger partial charge in [-0.1, -0.05) is 48.5 Å². The fourth-order valence-corrected chi connectivity index (χ4v) is 2.84. The molecule has 4 rings (SSSR count). The summed E-state index contributed by atoms with van der Waals surface area (Å²) in [7, 11) is 0. The lowest BCUT2D eigenvalue weighted by Gasteiger charge is -2.14. The van der Waals surface area contributed by atoms with E-state index in [4.69, 9.17) is 4.98 Å². The largest absolute Gasteiger partial charge is 0.381 e. The summed E-state index contributed by atoms with van der Waals surface area (Å²) >= 11 is 0. The fraction of sp³-hybridized carbons (Fsp3) is 0.0952. The zero-order valence-electron chi connectivity index (χ0n) is 14.8. The summed E-state index contributed by atoms with van der Waals surface area (Å²) in [5.74, 6) is 0. The minimum atomic E-state index is 0.722. The predicted octanol–water partition coefficient (Wildman–Crippen LogP) is 4.20. The van der Waals surface area contributed by atoms with Gasteiger partial charge in [-0.05, 0) is 18.2 Å². The van der Waals surface area contributed by atoms with Crippen molar-refractivity contribution in [3.05, 3.63) is 85.6 Å². The van der Waals surface area contributed by atoms with Crippen LogP contribution in [0.1, 0.15) is 0 Å². The number of pyridine rings is 1. The Hall–Kier alpha value is -3.67. The SMILES string of the molecule is c1ccc(Nc2cnc(-c3ccccc3)c(NCCn3cncn3)c2)cc1. The third-order valence-corrected chi connectivity index (χ3v) is 4.12. The Labute approximate surface area is 157 Å². The number of nitrogens with zero attached hydrogens (tertiary/aromatic N) is 4. The Kier molecular flexibility index (Phi) is 5.06. The first-order valence-electron chi connectivity index (χ1n) is 8.82. The summed E-state index contributed by atoms with van der Waals surface area (Å²) in [5.41, 5.74) is 4.94. The first-order chi connectivity index (χ1) is 13.4. The van der Waals surface area contributed by atoms with Crippen LogP contribution in [0.4, 0.5) is 17.1 Å². The number of hydrogen-bond acceptors (Lipinski definition) is 5. The van der Waals surface area contributed by atoms with Crippen molar-refractivity contribution in [1.29, 1.82) is 0 Å². The Morgan fingerprint density at radius 2 is 1.67 bits per heavy atom. The molecule has 0 spiro atoms. The Morgan fingerprint density at radius 1 is 0.889 bits per heavy atom. The Morgan fingerprint density at radius 3 is 2.41 bits per heavy atom. The number of nitrogens with one attached hydrogen (secondary N) is 2. The molecule has 27 heavy (non-hydrogen) atoms. The van der Waals surface area contributed by atoms with Crippen LogP contribution in [-0.2, 0) is 6.54 Å². The van der Waals surface area contributed by atoms with Crippen molar-refractivity contribution in [2.24, 2.45) is 0 Å². The molecule has 0 saturated carbocycles. The highest BCUT2D eigenvalue weighted by Gasteiger charge is 2.08. The maximum absolute atomic E-state index is 4.70. The lowest BCUT2D eigenvalue weighted by molar-refractivity contribution is 0.636. The number of aromatic nitrogens is 4. The van der Waals surface area contributed by atoms with E-state index in [1.165, 1.54) is 0 Å². The van der Waals surface area contributed by atoms with E-state index in [0.717, 1.165) is 41.4 Å². The second kappa shape index (κ2) is 8.14. The van der Waals surface area contributed by atoms with Gasteiger partial charge in [-0.3, -0.25) is 9.67 Å². The minimum Gasteiger partial charge on any atom is -0.381 e. The molecule has 2 aromatic carbocycles. The third-order valence-electron chi connectivity index (χ3n) is 4.12. The summed E-state index contributed by atoms with van der Waals surface area (Å²) in [4.78, 5) is 8.68. The molecule has 0 atom stereocenters. The molecule has 0 unspecified atom stereocenters. The maximum atomic E-state index is 4.70. The number of benzene rings is 2. The molecule has 134 valence electrons. The van der Waals surface area contributed by atoms with Gasteiger partial charge in [-0.15, -0.1) is 0 Å². The van der Waals surface area contributed by atoms with Gasteiger partial charge in [0.1, 0.15) is 12.7 Å². The van der Waals surface area contributed by atoms with E-state index in [2.05, 4.69) is 38.9 Å². The molecule has 2 heterocycles. The summed E-state index contributed by atoms with van der Waals surface area (Å²) in [6.07, 6.45) is 5.12. The maximum Gasteiger partial charge on any atom is 0.137 e. The summed E-state index contributed by atoms with van der Waals surface area (Å²) in [6, 6.07) is 22.3. The summed E-state index contributed by atoms with van der Waals surface area (Å²) in [5, 5.41) is 11.0. The second-order valence-corrected chi connectivity index (χ2v) is 6.06. The van der Waals surface area contributed by atoms with Crippen LogP contribution in [0.3, 0.4) is 0 Å². The van der Waals surface area contributed by atoms with Gasteiger partial charge in [0.15, 0.2) is 0 Å². The van der Waals surface area contributed by atoms with Crippen molar-refractivity contribution >= 4 is 17.1 Å². The van der Waals surface area contributed by atoms with Crippen LogP contribution in [0, 0.1) is 0 Å². The van der Waals surface area contributed by atoms with Gasteiger partial charge in [0.25, 0.3) is 0 Å². The fourth-order valence-electron chi connectivity index (χ4n) is 2.84. The molecule has 0 bridgehead atoms. The molecule has 4 aromatic rings. The average Bonchev–Trinajstić information content (AvgIpc) is 3.23. The molecule has 2 aromatic heterocycles. The molecule has 0 aliphatic rings. The number of hydrogen-bond donors (Lipinski definition) is 2. The highest BCUT2D eigenvalue weighted by atomic mass is 15.3. The molecule has 0 radical (unpaired) electrons. The molecule has 6 nitrogen and oxygen atoms in total. The van der Waals surface area contributed by atoms with E-state index < -0.39 is 0 Å². The van der Waals surface area contributed by atoms with Gasteiger partial charge in [0.2, 0.25) is 0 Å². The van der Waals surface area contributed by atoms with Crippen molar-refractivity contribution < 1.29 is 0 Å². The van der Waals surface area contributed by atoms with Crippen LogP contribution in [0.5, 0.6) is 0 Å². The van der Waals surface area contributed by atoms with Gasteiger partial charge in [0, 0.05) is 17.8 Å². The summed E-state index contributed by atoms with van der Waals surface area (Å²) < 4.78 is 1.80. The van der Waals surface area contributed by atoms with Crippen LogP contribution in [0.2, 0.25) is 0 Å². The number of anilines is 3. The lowest BCUT2D eigenvalue weighted by Crippen LogP contribution is -2.12. The average molecular weight is 356 g/mol. The van der Waals surface area contributed by atoms with Crippen molar-refractivity contribution in [2.45, 2.75) is 6.54 Å². The van der Waals surface area contributed by atoms with Crippen molar-refractivity contribution in [2.75, 3.05) is 17.2 Å². The van der Waals surface area contributed by atoms with Crippen LogP contribution in [-0.4, -0.2) is 26.3 Å². The third kappa shape index (κ3) is 4.30. The number of para-hydroxylation sites is 1. The quantitative estimate of drug-likeness (QED) is 0.519. The molecular weight excluding hydrogens is 336 g/mol. The summed E-state index contributed by atoms with van der Waals surface area (Å²) in [6.45, 7) is 1.45. The van der Waals surface area contributed by atoms with E-state index in [0.29, 0.717) is 0 Å². The van der Waals surface area contributed by atoms with Gasteiger partial charge in [0.05, 0.1) is 29.8 Å². The van der Waals surface area contributed by atoms with E-state index in [9.17, 15) is 0 Å². The van der Waals surface area contributed by atoms with Crippen molar-refractivity contribution in [3.63, 3.8) is 0 Å². The van der Waals surface area contributed by atoms with E-state index in [1.807, 2.05) is 54.7 Å². The molecule has 0 fully saturated rings. The van der Waals surface area contributed by atoms with Gasteiger partial charge < -0.3 is 10.6 Å². The first kappa shape index (κ1) is 16.8. The Bertz CT molecular complexity index is 968. The molecule has 0 aliphatic carbocycles. The van der Waals surface area contributed by atoms with E-state index in [1.54, 1.807) is 17.3 Å². The van der Waals surface area contributed by atoms with E-state index >= 15 is 0 Å². The van der Waals surface area contributed by atoms with Gasteiger partial charge in [-0.25, -0.2) is 4.98 Å². The van der Waals surface area contributed by atoms with Crippen LogP contribution in [0.15, 0.2) is 85.6 Å². The molecule has 6 heteroatoms. The van der Waals surface area contributed by atoms with Crippen molar-refractivity contribution in [3.8, 4) is 11.3 Å². The highest BCUT2D eigenvalue weighted by Crippen LogP contribution is 2.29. The minimum absolute atomic E-state index is 0.722. The van der Waals surface area contributed by atoms with Gasteiger partial charge in [-0.2, -0.15) is 5.10 Å². The second-order valence-electron chi connectivity index (χ2n) is 6.06. The normalized spacial score (nSPS) is 10.5. The zero-order valence-corrected chi connectivity index (χ0v) is 14.8. The molecular formula is C21H20N6. The number of rotatable bonds is 7.